The van der Waals surface area contributed by atoms with Crippen LogP contribution in [-0.4, -0.2) is 23.0 Å². The summed E-state index contributed by atoms with van der Waals surface area (Å²) in [6.45, 7) is 3.55. The number of halogens is 1. The number of aromatic nitrogens is 2. The van der Waals surface area contributed by atoms with Gasteiger partial charge in [-0.3, -0.25) is 10.1 Å². The molecular formula is C9H12ClN3O2. The van der Waals surface area contributed by atoms with Crippen molar-refractivity contribution in [1.29, 1.82) is 0 Å². The molecule has 15 heavy (non-hydrogen) atoms. The molecule has 1 aromatic heterocycles. The minimum absolute atomic E-state index is 0.140. The maximum Gasteiger partial charge on any atom is 0.234 e. The number of nitrogens with zero attached hydrogens (tertiary/aromatic N) is 2. The highest BCUT2D eigenvalue weighted by Crippen LogP contribution is 2.15. The molecule has 0 bridgehead atoms. The van der Waals surface area contributed by atoms with Crippen LogP contribution in [-0.2, 0) is 4.79 Å². The summed E-state index contributed by atoms with van der Waals surface area (Å²) in [5.74, 6) is 0.157. The van der Waals surface area contributed by atoms with Crippen molar-refractivity contribution in [1.82, 2.24) is 9.97 Å². The normalized spacial score (nSPS) is 10.2. The number of hydrogen-bond donors (Lipinski definition) is 1. The smallest absolute Gasteiger partial charge is 0.234 e. The van der Waals surface area contributed by atoms with E-state index in [2.05, 4.69) is 15.3 Å². The van der Waals surface area contributed by atoms with Gasteiger partial charge in [-0.25, -0.2) is 4.98 Å². The third-order valence-corrected chi connectivity index (χ3v) is 1.83. The Bertz CT molecular complexity index is 368. The molecule has 0 aromatic carbocycles. The Morgan fingerprint density at radius 3 is 2.73 bits per heavy atom. The van der Waals surface area contributed by atoms with Crippen LogP contribution in [0.5, 0.6) is 5.88 Å². The molecule has 0 atom stereocenters. The molecule has 0 aliphatic carbocycles. The van der Waals surface area contributed by atoms with Gasteiger partial charge in [0.05, 0.1) is 7.11 Å². The van der Waals surface area contributed by atoms with Gasteiger partial charge in [-0.2, -0.15) is 4.98 Å². The van der Waals surface area contributed by atoms with E-state index in [1.807, 2.05) is 0 Å². The van der Waals surface area contributed by atoms with Gasteiger partial charge in [0, 0.05) is 12.0 Å². The molecule has 0 fully saturated rings. The molecule has 1 rings (SSSR count). The van der Waals surface area contributed by atoms with Crippen molar-refractivity contribution < 1.29 is 9.53 Å². The fraction of sp³-hybridized carbons (Fsp3) is 0.444. The van der Waals surface area contributed by atoms with Gasteiger partial charge < -0.3 is 4.74 Å². The molecule has 1 heterocycles. The first kappa shape index (κ1) is 11.7. The van der Waals surface area contributed by atoms with E-state index in [4.69, 9.17) is 16.3 Å². The lowest BCUT2D eigenvalue weighted by Gasteiger charge is -2.07. The van der Waals surface area contributed by atoms with Crippen LogP contribution >= 0.6 is 11.6 Å². The van der Waals surface area contributed by atoms with Crippen LogP contribution in [0.15, 0.2) is 6.07 Å². The van der Waals surface area contributed by atoms with Gasteiger partial charge in [0.15, 0.2) is 0 Å². The SMILES string of the molecule is COc1cc(Cl)nc(NC(=O)C(C)C)n1. The highest BCUT2D eigenvalue weighted by molar-refractivity contribution is 6.29. The van der Waals surface area contributed by atoms with Crippen molar-refractivity contribution in [2.45, 2.75) is 13.8 Å². The molecule has 1 amide bonds. The molecule has 5 nitrogen and oxygen atoms in total. The molecule has 0 spiro atoms. The van der Waals surface area contributed by atoms with Crippen LogP contribution in [0.2, 0.25) is 5.15 Å². The van der Waals surface area contributed by atoms with E-state index in [0.717, 1.165) is 0 Å². The highest BCUT2D eigenvalue weighted by Gasteiger charge is 2.10. The van der Waals surface area contributed by atoms with Crippen LogP contribution < -0.4 is 10.1 Å². The minimum atomic E-state index is -0.167. The van der Waals surface area contributed by atoms with Crippen LogP contribution in [0.1, 0.15) is 13.8 Å². The summed E-state index contributed by atoms with van der Waals surface area (Å²) in [5, 5.41) is 2.75. The van der Waals surface area contributed by atoms with Gasteiger partial charge in [0.1, 0.15) is 5.15 Å². The van der Waals surface area contributed by atoms with Gasteiger partial charge in [0.25, 0.3) is 0 Å². The topological polar surface area (TPSA) is 64.1 Å². The molecule has 0 aliphatic rings. The fourth-order valence-corrected chi connectivity index (χ4v) is 0.985. The zero-order valence-electron chi connectivity index (χ0n) is 8.74. The number of carbonyl (C=O) groups excluding carboxylic acids is 1. The number of anilines is 1. The van der Waals surface area contributed by atoms with E-state index < -0.39 is 0 Å². The first-order valence-corrected chi connectivity index (χ1v) is 4.80. The second-order valence-electron chi connectivity index (χ2n) is 3.20. The van der Waals surface area contributed by atoms with E-state index in [1.165, 1.54) is 13.2 Å². The number of nitrogens with one attached hydrogen (secondary N) is 1. The highest BCUT2D eigenvalue weighted by atomic mass is 35.5. The second-order valence-corrected chi connectivity index (χ2v) is 3.59. The molecule has 0 aliphatic heterocycles. The molecule has 6 heteroatoms. The summed E-state index contributed by atoms with van der Waals surface area (Å²) in [5.41, 5.74) is 0. The Balaban J connectivity index is 2.85. The number of ether oxygens (including phenoxy) is 1. The van der Waals surface area contributed by atoms with Gasteiger partial charge in [-0.1, -0.05) is 25.4 Å². The molecule has 0 unspecified atom stereocenters. The van der Waals surface area contributed by atoms with Crippen molar-refractivity contribution >= 4 is 23.5 Å². The lowest BCUT2D eigenvalue weighted by atomic mass is 10.2. The third kappa shape index (κ3) is 3.36. The van der Waals surface area contributed by atoms with E-state index in [0.29, 0.717) is 5.88 Å². The molecule has 82 valence electrons. The third-order valence-electron chi connectivity index (χ3n) is 1.64. The predicted molar refractivity (Wildman–Crippen MR) is 57.1 cm³/mol. The van der Waals surface area contributed by atoms with E-state index in [9.17, 15) is 4.79 Å². The number of methoxy groups -OCH3 is 1. The maximum absolute atomic E-state index is 11.3. The average Bonchev–Trinajstić information content (AvgIpc) is 2.16. The van der Waals surface area contributed by atoms with Gasteiger partial charge in [0.2, 0.25) is 17.7 Å². The predicted octanol–water partition coefficient (Wildman–Crippen LogP) is 1.73. The summed E-state index contributed by atoms with van der Waals surface area (Å²) < 4.78 is 4.89. The molecule has 0 saturated heterocycles. The standard InChI is InChI=1S/C9H12ClN3O2/c1-5(2)8(14)13-9-11-6(10)4-7(12-9)15-3/h4-5H,1-3H3,(H,11,12,13,14). The first-order valence-electron chi connectivity index (χ1n) is 4.42. The monoisotopic (exact) mass is 229 g/mol. The van der Waals surface area contributed by atoms with E-state index >= 15 is 0 Å². The molecule has 1 N–H and O–H groups in total. The van der Waals surface area contributed by atoms with Crippen LogP contribution in [0.3, 0.4) is 0 Å². The van der Waals surface area contributed by atoms with Crippen molar-refractivity contribution in [3.63, 3.8) is 0 Å². The molecular weight excluding hydrogens is 218 g/mol. The van der Waals surface area contributed by atoms with Gasteiger partial charge >= 0.3 is 0 Å². The van der Waals surface area contributed by atoms with Crippen LogP contribution in [0.25, 0.3) is 0 Å². The second kappa shape index (κ2) is 4.93. The van der Waals surface area contributed by atoms with Crippen molar-refractivity contribution in [2.75, 3.05) is 12.4 Å². The molecule has 0 saturated carbocycles. The Morgan fingerprint density at radius 2 is 2.20 bits per heavy atom. The Morgan fingerprint density at radius 1 is 1.53 bits per heavy atom. The Labute approximate surface area is 92.8 Å². The zero-order valence-corrected chi connectivity index (χ0v) is 9.50. The quantitative estimate of drug-likeness (QED) is 0.802. The Kier molecular flexibility index (Phi) is 3.85. The summed E-state index contributed by atoms with van der Waals surface area (Å²) in [4.78, 5) is 19.1. The van der Waals surface area contributed by atoms with Crippen LogP contribution in [0, 0.1) is 5.92 Å². The average molecular weight is 230 g/mol. The molecule has 1 aromatic rings. The summed E-state index contributed by atoms with van der Waals surface area (Å²) >= 11 is 5.71. The fourth-order valence-electron chi connectivity index (χ4n) is 0.812. The van der Waals surface area contributed by atoms with E-state index in [1.54, 1.807) is 13.8 Å². The number of carbonyl (C=O) groups is 1. The van der Waals surface area contributed by atoms with Crippen molar-refractivity contribution in [3.8, 4) is 5.88 Å². The summed E-state index contributed by atoms with van der Waals surface area (Å²) in [6.07, 6.45) is 0. The zero-order chi connectivity index (χ0) is 11.4. The largest absolute Gasteiger partial charge is 0.481 e. The van der Waals surface area contributed by atoms with Crippen LogP contribution in [0.4, 0.5) is 5.95 Å². The summed E-state index contributed by atoms with van der Waals surface area (Å²) in [6, 6.07) is 1.46. The first-order chi connectivity index (χ1) is 7.02. The number of amides is 1. The van der Waals surface area contributed by atoms with Crippen molar-refractivity contribution in [3.05, 3.63) is 11.2 Å². The minimum Gasteiger partial charge on any atom is -0.481 e. The number of rotatable bonds is 3. The number of hydrogen-bond acceptors (Lipinski definition) is 4. The lowest BCUT2D eigenvalue weighted by molar-refractivity contribution is -0.118. The molecule has 0 radical (unpaired) electrons. The van der Waals surface area contributed by atoms with Crippen molar-refractivity contribution in [2.24, 2.45) is 5.92 Å². The van der Waals surface area contributed by atoms with Gasteiger partial charge in [-0.05, 0) is 0 Å². The lowest BCUT2D eigenvalue weighted by Crippen LogP contribution is -2.19. The Hall–Kier alpha value is -1.36. The summed E-state index contributed by atoms with van der Waals surface area (Å²) in [7, 11) is 1.46. The van der Waals surface area contributed by atoms with Gasteiger partial charge in [-0.15, -0.1) is 0 Å². The maximum atomic E-state index is 11.3. The van der Waals surface area contributed by atoms with E-state index in [-0.39, 0.29) is 22.9 Å².